The first-order chi connectivity index (χ1) is 14.0. The molecule has 3 nitrogen and oxygen atoms in total. The molecule has 0 aromatic rings. The van der Waals surface area contributed by atoms with Crippen molar-refractivity contribution in [2.45, 2.75) is 111 Å². The molecule has 4 rings (SSSR count). The van der Waals surface area contributed by atoms with Crippen LogP contribution >= 0.6 is 0 Å². The van der Waals surface area contributed by atoms with Crippen molar-refractivity contribution in [1.82, 2.24) is 0 Å². The van der Waals surface area contributed by atoms with E-state index in [0.29, 0.717) is 42.4 Å². The van der Waals surface area contributed by atoms with Gasteiger partial charge in [-0.3, -0.25) is 9.59 Å². The predicted molar refractivity (Wildman–Crippen MR) is 120 cm³/mol. The van der Waals surface area contributed by atoms with Gasteiger partial charge >= 0.3 is 0 Å². The van der Waals surface area contributed by atoms with Crippen molar-refractivity contribution in [2.75, 3.05) is 0 Å². The average Bonchev–Trinajstić information content (AvgIpc) is 3.01. The van der Waals surface area contributed by atoms with E-state index in [2.05, 4.69) is 34.6 Å². The second kappa shape index (κ2) is 7.71. The van der Waals surface area contributed by atoms with Crippen LogP contribution in [0.15, 0.2) is 0 Å². The van der Waals surface area contributed by atoms with Gasteiger partial charge in [0.05, 0.1) is 0 Å². The summed E-state index contributed by atoms with van der Waals surface area (Å²) in [4.78, 5) is 25.4. The molecular weight excluding hydrogens is 372 g/mol. The Kier molecular flexibility index (Phi) is 5.78. The Balaban J connectivity index is 1.54. The van der Waals surface area contributed by atoms with Crippen LogP contribution in [0.4, 0.5) is 0 Å². The van der Waals surface area contributed by atoms with Crippen LogP contribution in [0.2, 0.25) is 0 Å². The molecule has 0 saturated heterocycles. The fraction of sp³-hybridized carbons (Fsp3) is 0.926. The maximum atomic E-state index is 13.3. The van der Waals surface area contributed by atoms with Crippen LogP contribution in [0.1, 0.15) is 105 Å². The van der Waals surface area contributed by atoms with Gasteiger partial charge in [-0.2, -0.15) is 0 Å². The van der Waals surface area contributed by atoms with Crippen LogP contribution in [0.25, 0.3) is 0 Å². The first-order valence-corrected chi connectivity index (χ1v) is 12.8. The fourth-order valence-electron chi connectivity index (χ4n) is 8.86. The molecule has 4 aliphatic rings. The summed E-state index contributed by atoms with van der Waals surface area (Å²) in [5.74, 6) is 3.76. The molecule has 1 N–H and O–H groups in total. The molecule has 0 unspecified atom stereocenters. The van der Waals surface area contributed by atoms with E-state index in [9.17, 15) is 14.7 Å². The molecule has 0 aliphatic heterocycles. The van der Waals surface area contributed by atoms with Gasteiger partial charge in [-0.15, -0.1) is 0 Å². The molecule has 4 fully saturated rings. The molecule has 4 saturated carbocycles. The van der Waals surface area contributed by atoms with Gasteiger partial charge in [-0.25, -0.2) is 0 Å². The number of ketones is 2. The van der Waals surface area contributed by atoms with Gasteiger partial charge in [0, 0.05) is 24.7 Å². The van der Waals surface area contributed by atoms with Crippen molar-refractivity contribution < 1.29 is 14.7 Å². The number of aliphatic hydroxyl groups is 1. The molecule has 30 heavy (non-hydrogen) atoms. The lowest BCUT2D eigenvalue weighted by molar-refractivity contribution is -0.203. The van der Waals surface area contributed by atoms with E-state index < -0.39 is 11.0 Å². The van der Waals surface area contributed by atoms with E-state index in [4.69, 9.17) is 0 Å². The quantitative estimate of drug-likeness (QED) is 0.600. The van der Waals surface area contributed by atoms with E-state index in [0.717, 1.165) is 24.2 Å². The minimum Gasteiger partial charge on any atom is -0.381 e. The minimum atomic E-state index is -1.40. The maximum absolute atomic E-state index is 13.3. The lowest BCUT2D eigenvalue weighted by Crippen LogP contribution is -2.66. The Labute approximate surface area is 183 Å². The van der Waals surface area contributed by atoms with E-state index in [1.54, 1.807) is 0 Å². The molecule has 0 spiro atoms. The molecule has 0 aromatic heterocycles. The SMILES string of the molecule is CC(C)CCC[C@H](C)[C@H]1CC[C@H]2[C@@H]3CC(=O)[C@@]4(O)CC(=O)CC[C@]4(C)[C@H]3CC[C@]12C. The van der Waals surface area contributed by atoms with Crippen LogP contribution in [0.3, 0.4) is 0 Å². The Bertz CT molecular complexity index is 698. The summed E-state index contributed by atoms with van der Waals surface area (Å²) in [5, 5.41) is 11.4. The number of carbonyl (C=O) groups excluding carboxylic acids is 2. The third-order valence-corrected chi connectivity index (χ3v) is 10.7. The van der Waals surface area contributed by atoms with E-state index in [-0.39, 0.29) is 18.0 Å². The van der Waals surface area contributed by atoms with Gasteiger partial charge < -0.3 is 5.11 Å². The highest BCUT2D eigenvalue weighted by molar-refractivity contribution is 5.96. The van der Waals surface area contributed by atoms with E-state index in [1.165, 1.54) is 38.5 Å². The molecule has 0 heterocycles. The monoisotopic (exact) mass is 416 g/mol. The topological polar surface area (TPSA) is 54.4 Å². The van der Waals surface area contributed by atoms with Crippen molar-refractivity contribution in [3.8, 4) is 0 Å². The Morgan fingerprint density at radius 1 is 1.00 bits per heavy atom. The van der Waals surface area contributed by atoms with Crippen molar-refractivity contribution in [2.24, 2.45) is 46.3 Å². The second-order valence-corrected chi connectivity index (χ2v) is 12.5. The largest absolute Gasteiger partial charge is 0.381 e. The Morgan fingerprint density at radius 3 is 2.43 bits per heavy atom. The lowest BCUT2D eigenvalue weighted by Gasteiger charge is -2.62. The summed E-state index contributed by atoms with van der Waals surface area (Å²) in [6.45, 7) is 11.8. The van der Waals surface area contributed by atoms with Gasteiger partial charge in [0.15, 0.2) is 5.78 Å². The Hall–Kier alpha value is -0.700. The number of hydrogen-bond donors (Lipinski definition) is 1. The third-order valence-electron chi connectivity index (χ3n) is 10.7. The highest BCUT2D eigenvalue weighted by atomic mass is 16.3. The molecule has 0 radical (unpaired) electrons. The molecule has 170 valence electrons. The van der Waals surface area contributed by atoms with Crippen LogP contribution < -0.4 is 0 Å². The van der Waals surface area contributed by atoms with Gasteiger partial charge in [-0.05, 0) is 73.0 Å². The summed E-state index contributed by atoms with van der Waals surface area (Å²) >= 11 is 0. The van der Waals surface area contributed by atoms with Crippen LogP contribution in [0, 0.1) is 46.3 Å². The summed E-state index contributed by atoms with van der Waals surface area (Å²) in [5.41, 5.74) is -1.47. The number of Topliss-reactive ketones (excluding diaryl/α,β-unsaturated/α-hetero) is 2. The zero-order valence-corrected chi connectivity index (χ0v) is 20.0. The number of carbonyl (C=O) groups is 2. The first-order valence-electron chi connectivity index (χ1n) is 12.8. The standard InChI is InChI=1S/C27H44O3/c1-17(2)7-6-8-18(3)21-9-10-22-20-15-24(29)27(30)16-19(28)11-14-26(27,5)23(20)12-13-25(21,22)4/h17-18,20-23,30H,6-16H2,1-5H3/t18-,20-,21+,22-,23-,25+,26+,27-/m0/s1. The highest BCUT2D eigenvalue weighted by Crippen LogP contribution is 2.68. The van der Waals surface area contributed by atoms with Crippen LogP contribution in [-0.2, 0) is 9.59 Å². The lowest BCUT2D eigenvalue weighted by atomic mass is 9.42. The van der Waals surface area contributed by atoms with Gasteiger partial charge in [0.1, 0.15) is 11.4 Å². The Morgan fingerprint density at radius 2 is 1.73 bits per heavy atom. The molecule has 0 amide bonds. The first kappa shape index (κ1) is 22.5. The normalized spacial score (nSPS) is 47.0. The maximum Gasteiger partial charge on any atom is 0.165 e. The number of rotatable bonds is 5. The minimum absolute atomic E-state index is 0.0306. The predicted octanol–water partition coefficient (Wildman–Crippen LogP) is 5.97. The van der Waals surface area contributed by atoms with Crippen molar-refractivity contribution in [3.63, 3.8) is 0 Å². The molecule has 0 aromatic carbocycles. The highest BCUT2D eigenvalue weighted by Gasteiger charge is 2.67. The number of hydrogen-bond acceptors (Lipinski definition) is 3. The molecule has 0 bridgehead atoms. The van der Waals surface area contributed by atoms with E-state index in [1.807, 2.05) is 0 Å². The van der Waals surface area contributed by atoms with Crippen LogP contribution in [-0.4, -0.2) is 22.3 Å². The van der Waals surface area contributed by atoms with Crippen molar-refractivity contribution >= 4 is 11.6 Å². The van der Waals surface area contributed by atoms with Crippen molar-refractivity contribution in [1.29, 1.82) is 0 Å². The average molecular weight is 417 g/mol. The van der Waals surface area contributed by atoms with Gasteiger partial charge in [0.2, 0.25) is 0 Å². The summed E-state index contributed by atoms with van der Waals surface area (Å²) in [6.07, 6.45) is 10.7. The molecule has 8 atom stereocenters. The van der Waals surface area contributed by atoms with Gasteiger partial charge in [-0.1, -0.05) is 53.9 Å². The summed E-state index contributed by atoms with van der Waals surface area (Å²) in [6, 6.07) is 0. The number of fused-ring (bicyclic) bond motifs is 5. The smallest absolute Gasteiger partial charge is 0.165 e. The zero-order chi connectivity index (χ0) is 21.9. The fourth-order valence-corrected chi connectivity index (χ4v) is 8.86. The zero-order valence-electron chi connectivity index (χ0n) is 20.0. The van der Waals surface area contributed by atoms with Crippen LogP contribution in [0.5, 0.6) is 0 Å². The summed E-state index contributed by atoms with van der Waals surface area (Å²) < 4.78 is 0. The molecule has 3 heteroatoms. The second-order valence-electron chi connectivity index (χ2n) is 12.5. The molecule has 4 aliphatic carbocycles. The summed E-state index contributed by atoms with van der Waals surface area (Å²) in [7, 11) is 0. The molecular formula is C27H44O3. The van der Waals surface area contributed by atoms with Crippen molar-refractivity contribution in [3.05, 3.63) is 0 Å². The van der Waals surface area contributed by atoms with E-state index >= 15 is 0 Å². The van der Waals surface area contributed by atoms with Gasteiger partial charge in [0.25, 0.3) is 0 Å². The third kappa shape index (κ3) is 3.24.